The molecule has 0 atom stereocenters. The smallest absolute Gasteiger partial charge is 0.223 e. The summed E-state index contributed by atoms with van der Waals surface area (Å²) >= 11 is 0. The standard InChI is InChI=1S/C16H22FN3O2.ClH/c17-14-3-1-12(2-4-14)11-19-16(22)13-6-9-20(10-7-13)15(21)5-8-18;/h1-4,13H,5-11,18H2,(H,19,22);1H. The van der Waals surface area contributed by atoms with Crippen molar-refractivity contribution in [1.29, 1.82) is 0 Å². The van der Waals surface area contributed by atoms with Gasteiger partial charge in [-0.05, 0) is 30.5 Å². The van der Waals surface area contributed by atoms with Gasteiger partial charge in [-0.25, -0.2) is 4.39 Å². The van der Waals surface area contributed by atoms with E-state index < -0.39 is 0 Å². The first kappa shape index (κ1) is 19.4. The average Bonchev–Trinajstić information content (AvgIpc) is 2.54. The van der Waals surface area contributed by atoms with Gasteiger partial charge in [0, 0.05) is 38.5 Å². The molecule has 0 radical (unpaired) electrons. The fourth-order valence-corrected chi connectivity index (χ4v) is 2.61. The Morgan fingerprint density at radius 1 is 1.22 bits per heavy atom. The number of hydrogen-bond donors (Lipinski definition) is 2. The molecule has 1 aromatic carbocycles. The zero-order valence-electron chi connectivity index (χ0n) is 13.0. The van der Waals surface area contributed by atoms with Crippen LogP contribution in [0, 0.1) is 11.7 Å². The monoisotopic (exact) mass is 343 g/mol. The third-order valence-corrected chi connectivity index (χ3v) is 3.96. The Labute approximate surface area is 141 Å². The summed E-state index contributed by atoms with van der Waals surface area (Å²) in [5, 5.41) is 2.87. The van der Waals surface area contributed by atoms with Gasteiger partial charge in [0.1, 0.15) is 5.82 Å². The Balaban J connectivity index is 0.00000264. The molecule has 23 heavy (non-hydrogen) atoms. The Kier molecular flexibility index (Phi) is 7.98. The molecule has 5 nitrogen and oxygen atoms in total. The van der Waals surface area contributed by atoms with Crippen molar-refractivity contribution in [3.8, 4) is 0 Å². The van der Waals surface area contributed by atoms with Gasteiger partial charge in [0.2, 0.25) is 11.8 Å². The highest BCUT2D eigenvalue weighted by molar-refractivity contribution is 5.85. The summed E-state index contributed by atoms with van der Waals surface area (Å²) in [7, 11) is 0. The molecule has 1 fully saturated rings. The molecule has 0 spiro atoms. The third-order valence-electron chi connectivity index (χ3n) is 3.96. The number of nitrogens with one attached hydrogen (secondary N) is 1. The van der Waals surface area contributed by atoms with E-state index in [9.17, 15) is 14.0 Å². The van der Waals surface area contributed by atoms with Crippen LogP contribution in [0.4, 0.5) is 4.39 Å². The maximum atomic E-state index is 12.8. The van der Waals surface area contributed by atoms with Crippen molar-refractivity contribution in [3.63, 3.8) is 0 Å². The molecule has 0 bridgehead atoms. The predicted molar refractivity (Wildman–Crippen MR) is 88.5 cm³/mol. The topological polar surface area (TPSA) is 75.4 Å². The van der Waals surface area contributed by atoms with Gasteiger partial charge in [0.05, 0.1) is 0 Å². The molecule has 128 valence electrons. The lowest BCUT2D eigenvalue weighted by atomic mass is 9.95. The van der Waals surface area contributed by atoms with Gasteiger partial charge in [-0.15, -0.1) is 12.4 Å². The first-order valence-corrected chi connectivity index (χ1v) is 7.60. The molecule has 0 aliphatic carbocycles. The van der Waals surface area contributed by atoms with E-state index in [1.54, 1.807) is 17.0 Å². The number of piperidine rings is 1. The largest absolute Gasteiger partial charge is 0.352 e. The second kappa shape index (κ2) is 9.47. The van der Waals surface area contributed by atoms with Crippen molar-refractivity contribution in [2.75, 3.05) is 19.6 Å². The molecule has 0 unspecified atom stereocenters. The molecule has 1 aromatic rings. The van der Waals surface area contributed by atoms with Crippen LogP contribution < -0.4 is 11.1 Å². The zero-order valence-corrected chi connectivity index (χ0v) is 13.8. The summed E-state index contributed by atoms with van der Waals surface area (Å²) in [6.45, 7) is 1.96. The van der Waals surface area contributed by atoms with Crippen molar-refractivity contribution in [2.45, 2.75) is 25.8 Å². The number of nitrogens with zero attached hydrogens (tertiary/aromatic N) is 1. The van der Waals surface area contributed by atoms with Crippen LogP contribution in [0.25, 0.3) is 0 Å². The first-order valence-electron chi connectivity index (χ1n) is 7.60. The summed E-state index contributed by atoms with van der Waals surface area (Å²) in [5.41, 5.74) is 6.25. The van der Waals surface area contributed by atoms with E-state index in [2.05, 4.69) is 5.32 Å². The second-order valence-corrected chi connectivity index (χ2v) is 5.54. The number of nitrogens with two attached hydrogens (primary N) is 1. The van der Waals surface area contributed by atoms with Crippen molar-refractivity contribution >= 4 is 24.2 Å². The van der Waals surface area contributed by atoms with E-state index in [1.165, 1.54) is 12.1 Å². The number of carbonyl (C=O) groups excluding carboxylic acids is 2. The van der Waals surface area contributed by atoms with Crippen molar-refractivity contribution in [2.24, 2.45) is 11.7 Å². The SMILES string of the molecule is Cl.NCCC(=O)N1CCC(C(=O)NCc2ccc(F)cc2)CC1. The van der Waals surface area contributed by atoms with Crippen LogP contribution in [0.2, 0.25) is 0 Å². The lowest BCUT2D eigenvalue weighted by Gasteiger charge is -2.31. The fourth-order valence-electron chi connectivity index (χ4n) is 2.61. The molecule has 3 N–H and O–H groups in total. The van der Waals surface area contributed by atoms with Gasteiger partial charge >= 0.3 is 0 Å². The summed E-state index contributed by atoms with van der Waals surface area (Å²) < 4.78 is 12.8. The maximum Gasteiger partial charge on any atom is 0.223 e. The maximum absolute atomic E-state index is 12.8. The average molecular weight is 344 g/mol. The normalized spacial score (nSPS) is 15.0. The third kappa shape index (κ3) is 5.80. The van der Waals surface area contributed by atoms with Crippen molar-refractivity contribution in [3.05, 3.63) is 35.6 Å². The molecule has 2 amide bonds. The number of likely N-dealkylation sites (tertiary alicyclic amines) is 1. The molecular formula is C16H23ClFN3O2. The Morgan fingerprint density at radius 2 is 1.83 bits per heavy atom. The van der Waals surface area contributed by atoms with E-state index in [0.717, 1.165) is 5.56 Å². The first-order chi connectivity index (χ1) is 10.6. The minimum Gasteiger partial charge on any atom is -0.352 e. The predicted octanol–water partition coefficient (Wildman–Crippen LogP) is 1.45. The zero-order chi connectivity index (χ0) is 15.9. The summed E-state index contributed by atoms with van der Waals surface area (Å²) in [6.07, 6.45) is 1.71. The number of amides is 2. The quantitative estimate of drug-likeness (QED) is 0.849. The molecule has 1 aliphatic rings. The van der Waals surface area contributed by atoms with E-state index in [0.29, 0.717) is 45.4 Å². The van der Waals surface area contributed by atoms with E-state index in [4.69, 9.17) is 5.73 Å². The molecule has 0 aromatic heterocycles. The highest BCUT2D eigenvalue weighted by atomic mass is 35.5. The van der Waals surface area contributed by atoms with Crippen LogP contribution in [-0.2, 0) is 16.1 Å². The van der Waals surface area contributed by atoms with E-state index in [1.807, 2.05) is 0 Å². The van der Waals surface area contributed by atoms with E-state index >= 15 is 0 Å². The minimum atomic E-state index is -0.287. The Morgan fingerprint density at radius 3 is 2.39 bits per heavy atom. The fraction of sp³-hybridized carbons (Fsp3) is 0.500. The van der Waals surface area contributed by atoms with Gasteiger partial charge in [-0.3, -0.25) is 9.59 Å². The highest BCUT2D eigenvalue weighted by Crippen LogP contribution is 2.18. The summed E-state index contributed by atoms with van der Waals surface area (Å²) in [4.78, 5) is 25.6. The number of carbonyl (C=O) groups is 2. The van der Waals surface area contributed by atoms with Crippen molar-refractivity contribution in [1.82, 2.24) is 10.2 Å². The summed E-state index contributed by atoms with van der Waals surface area (Å²) in [5.74, 6) is -0.296. The molecular weight excluding hydrogens is 321 g/mol. The van der Waals surface area contributed by atoms with Crippen molar-refractivity contribution < 1.29 is 14.0 Å². The summed E-state index contributed by atoms with van der Waals surface area (Å²) in [6, 6.07) is 6.07. The number of halogens is 2. The van der Waals surface area contributed by atoms with Crippen LogP contribution in [0.3, 0.4) is 0 Å². The van der Waals surface area contributed by atoms with Gasteiger partial charge in [-0.2, -0.15) is 0 Å². The molecule has 2 rings (SSSR count). The van der Waals surface area contributed by atoms with Gasteiger partial charge in [0.25, 0.3) is 0 Å². The van der Waals surface area contributed by atoms with Gasteiger partial charge in [0.15, 0.2) is 0 Å². The molecule has 1 aliphatic heterocycles. The van der Waals surface area contributed by atoms with Crippen LogP contribution in [0.5, 0.6) is 0 Å². The van der Waals surface area contributed by atoms with Crippen LogP contribution in [0.15, 0.2) is 24.3 Å². The minimum absolute atomic E-state index is 0. The Bertz CT molecular complexity index is 517. The van der Waals surface area contributed by atoms with E-state index in [-0.39, 0.29) is 36.0 Å². The molecule has 7 heteroatoms. The van der Waals surface area contributed by atoms with Crippen LogP contribution >= 0.6 is 12.4 Å². The van der Waals surface area contributed by atoms with Gasteiger partial charge in [-0.1, -0.05) is 12.1 Å². The highest BCUT2D eigenvalue weighted by Gasteiger charge is 2.26. The molecule has 1 heterocycles. The van der Waals surface area contributed by atoms with Gasteiger partial charge < -0.3 is 16.0 Å². The number of benzene rings is 1. The van der Waals surface area contributed by atoms with Crippen LogP contribution in [-0.4, -0.2) is 36.3 Å². The Hall–Kier alpha value is -1.66. The number of hydrogen-bond acceptors (Lipinski definition) is 3. The lowest BCUT2D eigenvalue weighted by Crippen LogP contribution is -2.43. The lowest BCUT2D eigenvalue weighted by molar-refractivity contribution is -0.135. The molecule has 0 saturated carbocycles. The molecule has 1 saturated heterocycles. The van der Waals surface area contributed by atoms with Crippen LogP contribution in [0.1, 0.15) is 24.8 Å². The second-order valence-electron chi connectivity index (χ2n) is 5.54. The number of rotatable bonds is 5.